The zero-order valence-corrected chi connectivity index (χ0v) is 5.50. The van der Waals surface area contributed by atoms with E-state index < -0.39 is 5.91 Å². The third kappa shape index (κ3) is 1.31. The summed E-state index contributed by atoms with van der Waals surface area (Å²) in [5.41, 5.74) is 17.2. The Morgan fingerprint density at radius 2 is 2.18 bits per heavy atom. The molecule has 7 heteroatoms. The zero-order chi connectivity index (χ0) is 8.43. The van der Waals surface area contributed by atoms with Crippen molar-refractivity contribution in [1.82, 2.24) is 5.48 Å². The quantitative estimate of drug-likeness (QED) is 0.333. The van der Waals surface area contributed by atoms with Crippen LogP contribution >= 0.6 is 0 Å². The van der Waals surface area contributed by atoms with Gasteiger partial charge in [-0.1, -0.05) is 0 Å². The van der Waals surface area contributed by atoms with E-state index in [0.717, 1.165) is 0 Å². The molecule has 11 heavy (non-hydrogen) atoms. The van der Waals surface area contributed by atoms with E-state index in [0.29, 0.717) is 0 Å². The lowest BCUT2D eigenvalue weighted by Gasteiger charge is -2.13. The lowest BCUT2D eigenvalue weighted by Crippen LogP contribution is -2.37. The Bertz CT molecular complexity index is 255. The van der Waals surface area contributed by atoms with Crippen molar-refractivity contribution in [3.63, 3.8) is 0 Å². The van der Waals surface area contributed by atoms with Crippen LogP contribution in [0.5, 0.6) is 0 Å². The number of hydrogen-bond acceptors (Lipinski definition) is 6. The Hall–Kier alpha value is -1.92. The number of amides is 1. The molecule has 1 heterocycles. The van der Waals surface area contributed by atoms with Crippen LogP contribution in [0.4, 0.5) is 0 Å². The fourth-order valence-corrected chi connectivity index (χ4v) is 0.530. The molecule has 1 aliphatic rings. The van der Waals surface area contributed by atoms with Crippen molar-refractivity contribution in [3.05, 3.63) is 11.5 Å². The first-order valence-corrected chi connectivity index (χ1v) is 2.68. The molecule has 0 radical (unpaired) electrons. The van der Waals surface area contributed by atoms with Crippen LogP contribution in [0.25, 0.3) is 0 Å². The maximum atomic E-state index is 10.5. The first-order valence-electron chi connectivity index (χ1n) is 2.68. The van der Waals surface area contributed by atoms with E-state index in [1.165, 1.54) is 0 Å². The minimum atomic E-state index is -0.751. The van der Waals surface area contributed by atoms with Gasteiger partial charge in [0, 0.05) is 0 Å². The van der Waals surface area contributed by atoms with Crippen LogP contribution in [0.3, 0.4) is 0 Å². The van der Waals surface area contributed by atoms with Gasteiger partial charge in [0.05, 0.1) is 0 Å². The van der Waals surface area contributed by atoms with E-state index >= 15 is 0 Å². The fraction of sp³-hybridized carbons (Fsp3) is 0. The number of hydrogen-bond donors (Lipinski definition) is 4. The van der Waals surface area contributed by atoms with Crippen LogP contribution in [-0.4, -0.2) is 11.9 Å². The monoisotopic (exact) mass is 157 g/mol. The van der Waals surface area contributed by atoms with Gasteiger partial charge < -0.3 is 22.0 Å². The molecule has 0 fully saturated rings. The van der Waals surface area contributed by atoms with E-state index in [4.69, 9.17) is 17.2 Å². The van der Waals surface area contributed by atoms with Crippen LogP contribution in [0.15, 0.2) is 16.5 Å². The molecular weight excluding hydrogens is 150 g/mol. The molecule has 60 valence electrons. The normalized spacial score (nSPS) is 16.5. The molecule has 7 nitrogen and oxygen atoms in total. The summed E-state index contributed by atoms with van der Waals surface area (Å²) in [5.74, 6) is -0.833. The Morgan fingerprint density at radius 1 is 1.55 bits per heavy atom. The average molecular weight is 157 g/mol. The van der Waals surface area contributed by atoms with Crippen LogP contribution in [0.1, 0.15) is 0 Å². The number of nitrogens with one attached hydrogen (secondary N) is 1. The van der Waals surface area contributed by atoms with E-state index in [1.807, 2.05) is 0 Å². The Labute approximate surface area is 61.8 Å². The SMILES string of the molecule is NC(=O)C1=C(N)N=C(N)ON1. The molecule has 0 aromatic rings. The highest BCUT2D eigenvalue weighted by atomic mass is 16.7. The smallest absolute Gasteiger partial charge is 0.315 e. The summed E-state index contributed by atoms with van der Waals surface area (Å²) in [6.45, 7) is 0. The summed E-state index contributed by atoms with van der Waals surface area (Å²) in [4.78, 5) is 18.4. The first-order chi connectivity index (χ1) is 5.11. The average Bonchev–Trinajstić information content (AvgIpc) is 1.85. The maximum Gasteiger partial charge on any atom is 0.315 e. The van der Waals surface area contributed by atoms with Crippen LogP contribution in [0.2, 0.25) is 0 Å². The summed E-state index contributed by atoms with van der Waals surface area (Å²) in [7, 11) is 0. The fourth-order valence-electron chi connectivity index (χ4n) is 0.530. The van der Waals surface area contributed by atoms with Crippen molar-refractivity contribution >= 4 is 11.9 Å². The van der Waals surface area contributed by atoms with Gasteiger partial charge in [0.2, 0.25) is 0 Å². The lowest BCUT2D eigenvalue weighted by atomic mass is 10.4. The van der Waals surface area contributed by atoms with Gasteiger partial charge in [-0.15, -0.1) is 0 Å². The van der Waals surface area contributed by atoms with E-state index in [2.05, 4.69) is 15.3 Å². The second kappa shape index (κ2) is 2.37. The summed E-state index contributed by atoms with van der Waals surface area (Å²) in [6, 6.07) is -0.160. The van der Waals surface area contributed by atoms with Crippen LogP contribution in [-0.2, 0) is 9.63 Å². The summed E-state index contributed by atoms with van der Waals surface area (Å²) < 4.78 is 0. The maximum absolute atomic E-state index is 10.5. The molecule has 0 atom stereocenters. The van der Waals surface area contributed by atoms with E-state index in [-0.39, 0.29) is 17.5 Å². The first kappa shape index (κ1) is 7.19. The molecule has 1 rings (SSSR count). The summed E-state index contributed by atoms with van der Waals surface area (Å²) >= 11 is 0. The number of carbonyl (C=O) groups is 1. The predicted octanol–water partition coefficient (Wildman–Crippen LogP) is -2.55. The van der Waals surface area contributed by atoms with E-state index in [9.17, 15) is 4.79 Å². The molecule has 1 amide bonds. The number of amidine groups is 1. The zero-order valence-electron chi connectivity index (χ0n) is 5.50. The number of aliphatic imine (C=N–C) groups is 1. The number of nitrogens with zero attached hydrogens (tertiary/aromatic N) is 1. The van der Waals surface area contributed by atoms with Crippen molar-refractivity contribution in [2.24, 2.45) is 22.2 Å². The number of carbonyl (C=O) groups excluding carboxylic acids is 1. The minimum Gasteiger partial charge on any atom is -0.382 e. The molecular formula is C4H7N5O2. The highest BCUT2D eigenvalue weighted by Crippen LogP contribution is 2.00. The van der Waals surface area contributed by atoms with Gasteiger partial charge in [-0.25, -0.2) is 5.48 Å². The van der Waals surface area contributed by atoms with E-state index in [1.54, 1.807) is 0 Å². The second-order valence-electron chi connectivity index (χ2n) is 1.78. The minimum absolute atomic E-state index is 0.0822. The number of nitrogens with two attached hydrogens (primary N) is 3. The third-order valence-electron chi connectivity index (χ3n) is 0.991. The largest absolute Gasteiger partial charge is 0.382 e. The Morgan fingerprint density at radius 3 is 2.64 bits per heavy atom. The van der Waals surface area contributed by atoms with Crippen molar-refractivity contribution < 1.29 is 9.63 Å². The highest BCUT2D eigenvalue weighted by molar-refractivity contribution is 5.93. The third-order valence-corrected chi connectivity index (χ3v) is 0.991. The Kier molecular flexibility index (Phi) is 1.55. The highest BCUT2D eigenvalue weighted by Gasteiger charge is 2.15. The molecule has 0 aromatic carbocycles. The lowest BCUT2D eigenvalue weighted by molar-refractivity contribution is -0.115. The second-order valence-corrected chi connectivity index (χ2v) is 1.78. The van der Waals surface area contributed by atoms with Crippen molar-refractivity contribution in [1.29, 1.82) is 0 Å². The van der Waals surface area contributed by atoms with Gasteiger partial charge >= 0.3 is 6.02 Å². The van der Waals surface area contributed by atoms with Gasteiger partial charge in [-0.2, -0.15) is 4.99 Å². The van der Waals surface area contributed by atoms with Crippen molar-refractivity contribution in [2.45, 2.75) is 0 Å². The van der Waals surface area contributed by atoms with Gasteiger partial charge in [0.15, 0.2) is 11.5 Å². The standard InChI is InChI=1S/C4H7N5O2/c5-2-1(3(6)10)9-11-4(7)8-2/h9H,5H2,(H2,6,10)(H2,7,8). The molecule has 0 aliphatic carbocycles. The van der Waals surface area contributed by atoms with Gasteiger partial charge in [-0.05, 0) is 0 Å². The molecule has 0 saturated carbocycles. The van der Waals surface area contributed by atoms with Gasteiger partial charge in [0.25, 0.3) is 5.91 Å². The predicted molar refractivity (Wildman–Crippen MR) is 36.3 cm³/mol. The van der Waals surface area contributed by atoms with Crippen molar-refractivity contribution in [3.8, 4) is 0 Å². The molecule has 0 aromatic heterocycles. The molecule has 1 aliphatic heterocycles. The Balaban J connectivity index is 2.95. The molecule has 0 spiro atoms. The summed E-state index contributed by atoms with van der Waals surface area (Å²) in [5, 5.41) is 0. The van der Waals surface area contributed by atoms with Crippen LogP contribution < -0.4 is 22.7 Å². The molecule has 0 bridgehead atoms. The molecule has 7 N–H and O–H groups in total. The van der Waals surface area contributed by atoms with Crippen molar-refractivity contribution in [2.75, 3.05) is 0 Å². The topological polar surface area (TPSA) is 129 Å². The van der Waals surface area contributed by atoms with Gasteiger partial charge in [-0.3, -0.25) is 4.79 Å². The number of primary amides is 1. The molecule has 0 saturated heterocycles. The number of hydroxylamine groups is 1. The van der Waals surface area contributed by atoms with Gasteiger partial charge in [0.1, 0.15) is 0 Å². The summed E-state index contributed by atoms with van der Waals surface area (Å²) in [6.07, 6.45) is 0. The number of rotatable bonds is 1. The van der Waals surface area contributed by atoms with Crippen LogP contribution in [0, 0.1) is 0 Å². The molecule has 0 unspecified atom stereocenters.